The van der Waals surface area contributed by atoms with Gasteiger partial charge in [-0.3, -0.25) is 19.4 Å². The molecule has 1 aromatic heterocycles. The van der Waals surface area contributed by atoms with E-state index in [1.54, 1.807) is 71.9 Å². The zero-order valence-corrected chi connectivity index (χ0v) is 24.6. The van der Waals surface area contributed by atoms with Crippen molar-refractivity contribution in [1.29, 1.82) is 0 Å². The predicted octanol–water partition coefficient (Wildman–Crippen LogP) is 4.78. The molecule has 2 heterocycles. The van der Waals surface area contributed by atoms with Crippen LogP contribution in [0.3, 0.4) is 0 Å². The molecule has 3 aromatic rings. The molecule has 5 rings (SSSR count). The Labute approximate surface area is 249 Å². The summed E-state index contributed by atoms with van der Waals surface area (Å²) < 4.78 is 27.4. The van der Waals surface area contributed by atoms with Crippen molar-refractivity contribution in [3.8, 4) is 0 Å². The molecule has 2 aliphatic rings. The summed E-state index contributed by atoms with van der Waals surface area (Å²) in [5, 5.41) is 0.697. The van der Waals surface area contributed by atoms with Crippen molar-refractivity contribution in [2.45, 2.75) is 56.3 Å². The summed E-state index contributed by atoms with van der Waals surface area (Å²) in [5.41, 5.74) is 4.82. The van der Waals surface area contributed by atoms with E-state index in [0.717, 1.165) is 24.7 Å². The molecule has 1 saturated carbocycles. The molecule has 1 aliphatic carbocycles. The second kappa shape index (κ2) is 12.5. The van der Waals surface area contributed by atoms with Gasteiger partial charge in [0.05, 0.1) is 24.8 Å². The lowest BCUT2D eigenvalue weighted by molar-refractivity contribution is -0.138. The topological polar surface area (TPSA) is 118 Å². The van der Waals surface area contributed by atoms with Gasteiger partial charge in [0, 0.05) is 40.1 Å². The Morgan fingerprint density at radius 1 is 1.05 bits per heavy atom. The van der Waals surface area contributed by atoms with Gasteiger partial charge in [-0.15, -0.1) is 0 Å². The quantitative estimate of drug-likeness (QED) is 0.352. The van der Waals surface area contributed by atoms with E-state index in [0.29, 0.717) is 39.6 Å². The summed E-state index contributed by atoms with van der Waals surface area (Å²) in [5.74, 6) is -1.69. The number of hydroxylamine groups is 1. The van der Waals surface area contributed by atoms with E-state index in [9.17, 15) is 18.0 Å². The van der Waals surface area contributed by atoms with Crippen molar-refractivity contribution in [1.82, 2.24) is 20.1 Å². The Bertz CT molecular complexity index is 1540. The maximum Gasteiger partial charge on any atom is 0.255 e. The number of hydrogen-bond donors (Lipinski definition) is 2. The van der Waals surface area contributed by atoms with Gasteiger partial charge in [-0.1, -0.05) is 60.3 Å². The number of aromatic nitrogens is 1. The van der Waals surface area contributed by atoms with Gasteiger partial charge in [-0.2, -0.15) is 0 Å². The van der Waals surface area contributed by atoms with Crippen LogP contribution in [0.2, 0.25) is 10.0 Å². The molecule has 1 aliphatic heterocycles. The summed E-state index contributed by atoms with van der Waals surface area (Å²) >= 11 is 13.0. The van der Waals surface area contributed by atoms with Gasteiger partial charge in [0.1, 0.15) is 0 Å². The van der Waals surface area contributed by atoms with Gasteiger partial charge in [-0.25, -0.2) is 18.6 Å². The number of benzene rings is 2. The third-order valence-electron chi connectivity index (χ3n) is 7.55. The van der Waals surface area contributed by atoms with Crippen LogP contribution < -0.4 is 10.2 Å². The second-order valence-corrected chi connectivity index (χ2v) is 13.0. The van der Waals surface area contributed by atoms with Crippen LogP contribution in [0.25, 0.3) is 0 Å². The van der Waals surface area contributed by atoms with Gasteiger partial charge < -0.3 is 4.90 Å². The average molecular weight is 618 g/mol. The van der Waals surface area contributed by atoms with Crippen LogP contribution in [0.15, 0.2) is 67.0 Å². The lowest BCUT2D eigenvalue weighted by atomic mass is 9.76. The van der Waals surface area contributed by atoms with E-state index in [-0.39, 0.29) is 12.5 Å². The fourth-order valence-electron chi connectivity index (χ4n) is 5.86. The number of halogens is 2. The number of nitrogens with one attached hydrogen (secondary N) is 2. The van der Waals surface area contributed by atoms with Crippen molar-refractivity contribution in [2.24, 2.45) is 0 Å². The van der Waals surface area contributed by atoms with Crippen molar-refractivity contribution in [2.75, 3.05) is 6.26 Å². The number of nitrogens with zero attached hydrogens (tertiary/aromatic N) is 2. The van der Waals surface area contributed by atoms with E-state index in [1.165, 1.54) is 0 Å². The molecular weight excluding hydrogens is 587 g/mol. The normalized spacial score (nSPS) is 22.7. The molecule has 2 amide bonds. The van der Waals surface area contributed by atoms with Crippen LogP contribution in [0, 0.1) is 0 Å². The number of carbonyl (C=O) groups is 2. The van der Waals surface area contributed by atoms with E-state index in [2.05, 4.69) is 15.2 Å². The monoisotopic (exact) mass is 616 g/mol. The SMILES string of the molecule is CS(=O)(=O)N[C@H]1CCCC[C@@H]1N1C(=O)c2ccccc2[C@@H](C(=O)NOCc2ccncc2)[C@@H]1c1ccc(Cl)cc1Cl. The average Bonchev–Trinajstić information content (AvgIpc) is 2.93. The number of fused-ring (bicyclic) bond motifs is 1. The van der Waals surface area contributed by atoms with Crippen LogP contribution in [0.5, 0.6) is 0 Å². The number of rotatable bonds is 8. The fraction of sp³-hybridized carbons (Fsp3) is 0.345. The highest BCUT2D eigenvalue weighted by atomic mass is 35.5. The number of sulfonamides is 1. The Balaban J connectivity index is 1.60. The maximum atomic E-state index is 14.3. The number of carbonyl (C=O) groups excluding carboxylic acids is 2. The molecule has 0 unspecified atom stereocenters. The number of pyridine rings is 1. The molecule has 0 spiro atoms. The zero-order valence-electron chi connectivity index (χ0n) is 22.3. The molecule has 41 heavy (non-hydrogen) atoms. The Hall–Kier alpha value is -3.02. The molecular formula is C29H30Cl2N4O5S. The minimum absolute atomic E-state index is 0.112. The van der Waals surface area contributed by atoms with Crippen LogP contribution >= 0.6 is 23.2 Å². The molecule has 0 radical (unpaired) electrons. The Kier molecular flexibility index (Phi) is 8.96. The van der Waals surface area contributed by atoms with E-state index in [4.69, 9.17) is 28.0 Å². The Morgan fingerprint density at radius 3 is 2.51 bits per heavy atom. The first-order valence-electron chi connectivity index (χ1n) is 13.3. The smallest absolute Gasteiger partial charge is 0.255 e. The number of hydrogen-bond acceptors (Lipinski definition) is 6. The number of amides is 2. The Morgan fingerprint density at radius 2 is 1.78 bits per heavy atom. The molecule has 4 atom stereocenters. The standard InChI is InChI=1S/C29H30Cl2N4O5S/c1-41(38,39)34-24-8-4-5-9-25(24)35-27(22-11-10-19(30)16-23(22)31)26(20-6-2-3-7-21(20)29(35)37)28(36)33-40-17-18-12-14-32-15-13-18/h2-3,6-7,10-16,24-27,34H,4-5,8-9,17H2,1H3,(H,33,36)/t24-,25-,26+,27-/m0/s1. The van der Waals surface area contributed by atoms with Crippen molar-refractivity contribution in [3.63, 3.8) is 0 Å². The lowest BCUT2D eigenvalue weighted by Gasteiger charge is -2.49. The fourth-order valence-corrected chi connectivity index (χ4v) is 7.21. The van der Waals surface area contributed by atoms with Crippen LogP contribution in [0.1, 0.15) is 64.7 Å². The first-order chi connectivity index (χ1) is 19.6. The first kappa shape index (κ1) is 29.5. The summed E-state index contributed by atoms with van der Waals surface area (Å²) in [6.07, 6.45) is 7.07. The minimum atomic E-state index is -3.57. The molecule has 0 saturated heterocycles. The highest BCUT2D eigenvalue weighted by Crippen LogP contribution is 2.47. The van der Waals surface area contributed by atoms with Gasteiger partial charge in [0.15, 0.2) is 0 Å². The maximum absolute atomic E-state index is 14.3. The van der Waals surface area contributed by atoms with Gasteiger partial charge in [0.2, 0.25) is 10.0 Å². The van der Waals surface area contributed by atoms with E-state index >= 15 is 0 Å². The zero-order chi connectivity index (χ0) is 29.1. The molecule has 1 fully saturated rings. The van der Waals surface area contributed by atoms with Gasteiger partial charge in [0.25, 0.3) is 11.8 Å². The second-order valence-electron chi connectivity index (χ2n) is 10.3. The van der Waals surface area contributed by atoms with Crippen LogP contribution in [-0.4, -0.2) is 48.5 Å². The summed E-state index contributed by atoms with van der Waals surface area (Å²) in [4.78, 5) is 39.5. The van der Waals surface area contributed by atoms with Crippen molar-refractivity contribution < 1.29 is 22.8 Å². The third kappa shape index (κ3) is 6.57. The summed E-state index contributed by atoms with van der Waals surface area (Å²) in [7, 11) is -3.57. The molecule has 2 aromatic carbocycles. The van der Waals surface area contributed by atoms with E-state index in [1.807, 2.05) is 0 Å². The lowest BCUT2D eigenvalue weighted by Crippen LogP contribution is -2.59. The largest absolute Gasteiger partial charge is 0.326 e. The summed E-state index contributed by atoms with van der Waals surface area (Å²) in [6.45, 7) is 0.112. The highest BCUT2D eigenvalue weighted by Gasteiger charge is 2.49. The molecule has 216 valence electrons. The van der Waals surface area contributed by atoms with Gasteiger partial charge >= 0.3 is 0 Å². The van der Waals surface area contributed by atoms with E-state index < -0.39 is 40.0 Å². The first-order valence-corrected chi connectivity index (χ1v) is 15.9. The predicted molar refractivity (Wildman–Crippen MR) is 156 cm³/mol. The van der Waals surface area contributed by atoms with Crippen molar-refractivity contribution >= 4 is 45.0 Å². The van der Waals surface area contributed by atoms with Gasteiger partial charge in [-0.05, 0) is 59.9 Å². The molecule has 12 heteroatoms. The van der Waals surface area contributed by atoms with Crippen LogP contribution in [0.4, 0.5) is 0 Å². The minimum Gasteiger partial charge on any atom is -0.326 e. The van der Waals surface area contributed by atoms with Crippen LogP contribution in [-0.2, 0) is 26.3 Å². The molecule has 0 bridgehead atoms. The van der Waals surface area contributed by atoms with Crippen molar-refractivity contribution in [3.05, 3.63) is 99.3 Å². The summed E-state index contributed by atoms with van der Waals surface area (Å²) in [6, 6.07) is 13.5. The molecule has 9 nitrogen and oxygen atoms in total. The molecule has 2 N–H and O–H groups in total. The third-order valence-corrected chi connectivity index (χ3v) is 8.85. The highest BCUT2D eigenvalue weighted by molar-refractivity contribution is 7.88.